The van der Waals surface area contributed by atoms with Crippen molar-refractivity contribution < 1.29 is 14.3 Å². The molecule has 1 unspecified atom stereocenters. The molecule has 0 aliphatic carbocycles. The number of hydrogen-bond acceptors (Lipinski definition) is 3. The number of carbonyl (C=O) groups excluding carboxylic acids is 1. The number of methoxy groups -OCH3 is 1. The first-order chi connectivity index (χ1) is 9.79. The predicted octanol–water partition coefficient (Wildman–Crippen LogP) is 3.81. The van der Waals surface area contributed by atoms with Gasteiger partial charge in [0, 0.05) is 18.1 Å². The van der Waals surface area contributed by atoms with Crippen LogP contribution in [0, 0.1) is 0 Å². The van der Waals surface area contributed by atoms with Crippen molar-refractivity contribution in [1.29, 1.82) is 0 Å². The minimum atomic E-state index is -0.663. The van der Waals surface area contributed by atoms with Crippen LogP contribution in [-0.2, 0) is 9.47 Å². The first-order valence-corrected chi connectivity index (χ1v) is 6.48. The van der Waals surface area contributed by atoms with E-state index in [0.717, 1.165) is 27.1 Å². The van der Waals surface area contributed by atoms with Crippen LogP contribution in [0.3, 0.4) is 0 Å². The van der Waals surface area contributed by atoms with Gasteiger partial charge in [0.25, 0.3) is 0 Å². The quantitative estimate of drug-likeness (QED) is 0.495. The Bertz CT molecular complexity index is 851. The van der Waals surface area contributed by atoms with Crippen LogP contribution in [0.15, 0.2) is 48.5 Å². The lowest BCUT2D eigenvalue weighted by Crippen LogP contribution is -2.11. The van der Waals surface area contributed by atoms with Crippen LogP contribution in [0.1, 0.15) is 22.2 Å². The molecule has 0 bridgehead atoms. The van der Waals surface area contributed by atoms with Crippen LogP contribution >= 0.6 is 0 Å². The van der Waals surface area contributed by atoms with Gasteiger partial charge in [-0.25, -0.2) is 4.79 Å². The van der Waals surface area contributed by atoms with E-state index in [9.17, 15) is 4.79 Å². The van der Waals surface area contributed by atoms with Crippen molar-refractivity contribution in [3.63, 3.8) is 0 Å². The molecular formula is C17H12O3. The molecule has 98 valence electrons. The molecule has 0 N–H and O–H groups in total. The zero-order valence-corrected chi connectivity index (χ0v) is 10.9. The van der Waals surface area contributed by atoms with Gasteiger partial charge in [-0.1, -0.05) is 42.5 Å². The Morgan fingerprint density at radius 3 is 2.40 bits per heavy atom. The van der Waals surface area contributed by atoms with Gasteiger partial charge in [-0.15, -0.1) is 0 Å². The van der Waals surface area contributed by atoms with Gasteiger partial charge in [-0.3, -0.25) is 0 Å². The van der Waals surface area contributed by atoms with Crippen molar-refractivity contribution >= 4 is 27.5 Å². The lowest BCUT2D eigenvalue weighted by atomic mass is 9.95. The Morgan fingerprint density at radius 1 is 0.950 bits per heavy atom. The molecule has 1 atom stereocenters. The predicted molar refractivity (Wildman–Crippen MR) is 76.6 cm³/mol. The molecule has 1 aliphatic heterocycles. The number of rotatable bonds is 1. The maximum Gasteiger partial charge on any atom is 0.341 e. The lowest BCUT2D eigenvalue weighted by Gasteiger charge is -2.15. The van der Waals surface area contributed by atoms with Gasteiger partial charge in [0.15, 0.2) is 0 Å². The fraction of sp³-hybridized carbons (Fsp3) is 0.118. The zero-order chi connectivity index (χ0) is 13.7. The van der Waals surface area contributed by atoms with Crippen LogP contribution in [0.25, 0.3) is 21.5 Å². The number of esters is 1. The molecule has 4 rings (SSSR count). The second kappa shape index (κ2) is 4.05. The van der Waals surface area contributed by atoms with Crippen LogP contribution < -0.4 is 0 Å². The topological polar surface area (TPSA) is 35.5 Å². The summed E-state index contributed by atoms with van der Waals surface area (Å²) in [6.45, 7) is 0. The average molecular weight is 264 g/mol. The summed E-state index contributed by atoms with van der Waals surface area (Å²) in [6.07, 6.45) is -0.663. The summed E-state index contributed by atoms with van der Waals surface area (Å²) in [5, 5.41) is 4.11. The molecule has 0 amide bonds. The summed E-state index contributed by atoms with van der Waals surface area (Å²) < 4.78 is 10.8. The maximum atomic E-state index is 12.3. The van der Waals surface area contributed by atoms with Crippen LogP contribution in [-0.4, -0.2) is 13.1 Å². The normalized spacial score (nSPS) is 17.4. The van der Waals surface area contributed by atoms with E-state index in [-0.39, 0.29) is 5.97 Å². The molecule has 3 aromatic carbocycles. The summed E-state index contributed by atoms with van der Waals surface area (Å²) >= 11 is 0. The summed E-state index contributed by atoms with van der Waals surface area (Å²) in [6, 6.07) is 15.7. The Hall–Kier alpha value is -2.39. The number of ether oxygens (including phenoxy) is 2. The van der Waals surface area contributed by atoms with Gasteiger partial charge >= 0.3 is 5.97 Å². The van der Waals surface area contributed by atoms with Gasteiger partial charge in [-0.05, 0) is 22.2 Å². The number of carbonyl (C=O) groups is 1. The third-order valence-electron chi connectivity index (χ3n) is 3.82. The fourth-order valence-corrected chi connectivity index (χ4v) is 2.95. The van der Waals surface area contributed by atoms with E-state index in [4.69, 9.17) is 9.47 Å². The molecule has 3 aromatic rings. The maximum absolute atomic E-state index is 12.3. The van der Waals surface area contributed by atoms with Crippen molar-refractivity contribution in [2.45, 2.75) is 6.29 Å². The molecule has 20 heavy (non-hydrogen) atoms. The molecule has 0 aromatic heterocycles. The minimum Gasteiger partial charge on any atom is -0.428 e. The monoisotopic (exact) mass is 264 g/mol. The average Bonchev–Trinajstić information content (AvgIpc) is 2.62. The second-order valence-electron chi connectivity index (χ2n) is 4.89. The van der Waals surface area contributed by atoms with Crippen molar-refractivity contribution in [3.05, 3.63) is 59.7 Å². The van der Waals surface area contributed by atoms with Gasteiger partial charge in [-0.2, -0.15) is 0 Å². The highest BCUT2D eigenvalue weighted by molar-refractivity contribution is 6.18. The van der Waals surface area contributed by atoms with E-state index in [1.807, 2.05) is 36.4 Å². The number of hydrogen-bond donors (Lipinski definition) is 0. The Labute approximate surface area is 115 Å². The van der Waals surface area contributed by atoms with Crippen molar-refractivity contribution in [1.82, 2.24) is 0 Å². The third kappa shape index (κ3) is 1.41. The summed E-state index contributed by atoms with van der Waals surface area (Å²) in [5.74, 6) is -0.342. The first-order valence-electron chi connectivity index (χ1n) is 6.48. The Morgan fingerprint density at radius 2 is 1.65 bits per heavy atom. The van der Waals surface area contributed by atoms with Crippen LogP contribution in [0.2, 0.25) is 0 Å². The van der Waals surface area contributed by atoms with Crippen LogP contribution in [0.4, 0.5) is 0 Å². The fourth-order valence-electron chi connectivity index (χ4n) is 2.95. The van der Waals surface area contributed by atoms with E-state index in [1.54, 1.807) is 13.2 Å². The summed E-state index contributed by atoms with van der Waals surface area (Å²) in [7, 11) is 1.55. The summed E-state index contributed by atoms with van der Waals surface area (Å²) in [5.41, 5.74) is 1.49. The molecule has 0 saturated carbocycles. The largest absolute Gasteiger partial charge is 0.428 e. The molecule has 3 nitrogen and oxygen atoms in total. The zero-order valence-electron chi connectivity index (χ0n) is 10.9. The number of benzene rings is 3. The number of cyclic esters (lactones) is 1. The second-order valence-corrected chi connectivity index (χ2v) is 4.89. The van der Waals surface area contributed by atoms with E-state index in [0.29, 0.717) is 5.56 Å². The van der Waals surface area contributed by atoms with Crippen LogP contribution in [0.5, 0.6) is 0 Å². The molecule has 0 radical (unpaired) electrons. The molecule has 0 fully saturated rings. The van der Waals surface area contributed by atoms with E-state index >= 15 is 0 Å². The van der Waals surface area contributed by atoms with Crippen molar-refractivity contribution in [2.24, 2.45) is 0 Å². The Kier molecular flexibility index (Phi) is 2.32. The molecule has 0 saturated heterocycles. The smallest absolute Gasteiger partial charge is 0.341 e. The highest BCUT2D eigenvalue weighted by atomic mass is 16.7. The summed E-state index contributed by atoms with van der Waals surface area (Å²) in [4.78, 5) is 12.3. The van der Waals surface area contributed by atoms with E-state index in [2.05, 4.69) is 6.07 Å². The molecular weight excluding hydrogens is 252 g/mol. The van der Waals surface area contributed by atoms with E-state index < -0.39 is 6.29 Å². The SMILES string of the molecule is COC1OC(=O)c2cccc3ccc4cccc1c4c23. The van der Waals surface area contributed by atoms with Gasteiger partial charge in [0.05, 0.1) is 5.56 Å². The van der Waals surface area contributed by atoms with Gasteiger partial charge in [0.1, 0.15) is 0 Å². The highest BCUT2D eigenvalue weighted by Crippen LogP contribution is 2.38. The highest BCUT2D eigenvalue weighted by Gasteiger charge is 2.26. The standard InChI is InChI=1S/C17H12O3/c1-19-17-13-7-3-5-11-9-8-10-4-2-6-12(16(18)20-17)14(10)15(11)13/h2-9,17H,1H3. The minimum absolute atomic E-state index is 0.342. The molecule has 1 aliphatic rings. The molecule has 0 spiro atoms. The molecule has 1 heterocycles. The Balaban J connectivity index is 2.28. The third-order valence-corrected chi connectivity index (χ3v) is 3.82. The molecule has 3 heteroatoms. The lowest BCUT2D eigenvalue weighted by molar-refractivity contribution is -0.0912. The van der Waals surface area contributed by atoms with Gasteiger partial charge < -0.3 is 9.47 Å². The van der Waals surface area contributed by atoms with Gasteiger partial charge in [0.2, 0.25) is 6.29 Å². The van der Waals surface area contributed by atoms with Crippen molar-refractivity contribution in [2.75, 3.05) is 7.11 Å². The first kappa shape index (κ1) is 11.4. The van der Waals surface area contributed by atoms with E-state index in [1.165, 1.54) is 0 Å². The van der Waals surface area contributed by atoms with Crippen molar-refractivity contribution in [3.8, 4) is 0 Å².